The molecule has 0 aliphatic rings. The number of nitrogens with zero attached hydrogens (tertiary/aromatic N) is 1. The maximum atomic E-state index is 6.14. The summed E-state index contributed by atoms with van der Waals surface area (Å²) in [5.74, 6) is 0.792. The first kappa shape index (κ1) is 17.2. The lowest BCUT2D eigenvalue weighted by Crippen LogP contribution is -2.27. The zero-order valence-electron chi connectivity index (χ0n) is 12.4. The number of rotatable bonds is 10. The van der Waals surface area contributed by atoms with E-state index in [1.807, 2.05) is 6.07 Å². The maximum absolute atomic E-state index is 6.14. The van der Waals surface area contributed by atoms with Gasteiger partial charge in [-0.25, -0.2) is 4.98 Å². The van der Waals surface area contributed by atoms with Crippen molar-refractivity contribution < 1.29 is 9.47 Å². The average Bonchev–Trinajstić information content (AvgIpc) is 2.46. The molecule has 0 radical (unpaired) electrons. The van der Waals surface area contributed by atoms with Crippen LogP contribution in [-0.4, -0.2) is 45.0 Å². The van der Waals surface area contributed by atoms with Crippen LogP contribution >= 0.6 is 11.6 Å². The Morgan fingerprint density at radius 1 is 1.40 bits per heavy atom. The number of pyridine rings is 1. The zero-order chi connectivity index (χ0) is 14.8. The van der Waals surface area contributed by atoms with Crippen molar-refractivity contribution in [1.29, 1.82) is 0 Å². The minimum Gasteiger partial charge on any atom is -0.382 e. The summed E-state index contributed by atoms with van der Waals surface area (Å²) in [6, 6.07) is 1.96. The lowest BCUT2D eigenvalue weighted by atomic mass is 10.2. The lowest BCUT2D eigenvalue weighted by Gasteiger charge is -2.16. The second kappa shape index (κ2) is 9.94. The van der Waals surface area contributed by atoms with Crippen LogP contribution in [0.15, 0.2) is 12.3 Å². The molecule has 5 nitrogen and oxygen atoms in total. The summed E-state index contributed by atoms with van der Waals surface area (Å²) in [4.78, 5) is 4.27. The number of aromatic nitrogens is 1. The van der Waals surface area contributed by atoms with Gasteiger partial charge in [-0.05, 0) is 24.6 Å². The highest BCUT2D eigenvalue weighted by molar-refractivity contribution is 6.31. The van der Waals surface area contributed by atoms with E-state index in [-0.39, 0.29) is 6.10 Å². The molecule has 114 valence electrons. The molecule has 0 bridgehead atoms. The summed E-state index contributed by atoms with van der Waals surface area (Å²) in [5.41, 5.74) is 1.04. The van der Waals surface area contributed by atoms with Crippen LogP contribution in [0.3, 0.4) is 0 Å². The predicted octanol–water partition coefficient (Wildman–Crippen LogP) is 2.31. The molecule has 6 heteroatoms. The minimum absolute atomic E-state index is 0.000792. The maximum Gasteiger partial charge on any atom is 0.126 e. The monoisotopic (exact) mass is 301 g/mol. The van der Waals surface area contributed by atoms with E-state index in [0.29, 0.717) is 18.2 Å². The highest BCUT2D eigenvalue weighted by atomic mass is 35.5. The zero-order valence-corrected chi connectivity index (χ0v) is 13.2. The summed E-state index contributed by atoms with van der Waals surface area (Å²) in [6.45, 7) is 5.04. The Balaban J connectivity index is 2.55. The molecule has 2 N–H and O–H groups in total. The topological polar surface area (TPSA) is 55.4 Å². The van der Waals surface area contributed by atoms with Gasteiger partial charge in [-0.1, -0.05) is 18.5 Å². The SMILES string of the molecule is CCCNCc1cc(NCC(COC)OC)ncc1Cl. The molecule has 1 aromatic rings. The van der Waals surface area contributed by atoms with Crippen LogP contribution < -0.4 is 10.6 Å². The highest BCUT2D eigenvalue weighted by Crippen LogP contribution is 2.18. The average molecular weight is 302 g/mol. The lowest BCUT2D eigenvalue weighted by molar-refractivity contribution is 0.0365. The Morgan fingerprint density at radius 2 is 2.20 bits per heavy atom. The Hall–Kier alpha value is -0.880. The third kappa shape index (κ3) is 6.05. The van der Waals surface area contributed by atoms with Crippen molar-refractivity contribution in [3.63, 3.8) is 0 Å². The first-order valence-corrected chi connectivity index (χ1v) is 7.19. The summed E-state index contributed by atoms with van der Waals surface area (Å²) < 4.78 is 10.4. The van der Waals surface area contributed by atoms with Crippen LogP contribution in [0.2, 0.25) is 5.02 Å². The molecule has 0 saturated carbocycles. The molecule has 0 aliphatic carbocycles. The summed E-state index contributed by atoms with van der Waals surface area (Å²) in [5, 5.41) is 7.25. The van der Waals surface area contributed by atoms with Crippen LogP contribution in [-0.2, 0) is 16.0 Å². The van der Waals surface area contributed by atoms with Gasteiger partial charge < -0.3 is 20.1 Å². The molecule has 0 fully saturated rings. The van der Waals surface area contributed by atoms with Gasteiger partial charge in [0.2, 0.25) is 0 Å². The second-order valence-corrected chi connectivity index (χ2v) is 4.94. The molecule has 0 aliphatic heterocycles. The van der Waals surface area contributed by atoms with Crippen molar-refractivity contribution in [2.24, 2.45) is 0 Å². The summed E-state index contributed by atoms with van der Waals surface area (Å²) >= 11 is 6.14. The number of nitrogens with one attached hydrogen (secondary N) is 2. The fourth-order valence-corrected chi connectivity index (χ4v) is 1.90. The van der Waals surface area contributed by atoms with Gasteiger partial charge in [-0.15, -0.1) is 0 Å². The number of methoxy groups -OCH3 is 2. The Labute approximate surface area is 126 Å². The molecule has 20 heavy (non-hydrogen) atoms. The van der Waals surface area contributed by atoms with E-state index in [9.17, 15) is 0 Å². The first-order chi connectivity index (χ1) is 9.71. The largest absolute Gasteiger partial charge is 0.382 e. The molecule has 0 amide bonds. The highest BCUT2D eigenvalue weighted by Gasteiger charge is 2.08. The first-order valence-electron chi connectivity index (χ1n) is 6.82. The smallest absolute Gasteiger partial charge is 0.126 e. The van der Waals surface area contributed by atoms with Crippen LogP contribution in [0, 0.1) is 0 Å². The van der Waals surface area contributed by atoms with Crippen LogP contribution in [0.1, 0.15) is 18.9 Å². The van der Waals surface area contributed by atoms with Crippen LogP contribution in [0.5, 0.6) is 0 Å². The van der Waals surface area contributed by atoms with Crippen molar-refractivity contribution in [3.05, 3.63) is 22.8 Å². The summed E-state index contributed by atoms with van der Waals surface area (Å²) in [6.07, 6.45) is 2.77. The molecule has 1 aromatic heterocycles. The van der Waals surface area contributed by atoms with E-state index in [0.717, 1.165) is 30.9 Å². The Morgan fingerprint density at radius 3 is 2.85 bits per heavy atom. The quantitative estimate of drug-likeness (QED) is 0.650. The molecule has 0 spiro atoms. The van der Waals surface area contributed by atoms with E-state index < -0.39 is 0 Å². The van der Waals surface area contributed by atoms with Gasteiger partial charge in [0.25, 0.3) is 0 Å². The van der Waals surface area contributed by atoms with Crippen molar-refractivity contribution in [2.75, 3.05) is 39.2 Å². The number of anilines is 1. The van der Waals surface area contributed by atoms with Crippen molar-refractivity contribution in [1.82, 2.24) is 10.3 Å². The van der Waals surface area contributed by atoms with Gasteiger partial charge in [0.1, 0.15) is 5.82 Å². The normalized spacial score (nSPS) is 12.4. The Bertz CT molecular complexity index is 391. The van der Waals surface area contributed by atoms with Crippen molar-refractivity contribution in [3.8, 4) is 0 Å². The third-order valence-electron chi connectivity index (χ3n) is 2.87. The molecular weight excluding hydrogens is 278 g/mol. The second-order valence-electron chi connectivity index (χ2n) is 4.53. The molecule has 1 atom stereocenters. The molecule has 0 saturated heterocycles. The van der Waals surface area contributed by atoms with Crippen molar-refractivity contribution in [2.45, 2.75) is 26.0 Å². The molecule has 1 rings (SSSR count). The van der Waals surface area contributed by atoms with E-state index >= 15 is 0 Å². The van der Waals surface area contributed by atoms with E-state index in [1.165, 1.54) is 0 Å². The van der Waals surface area contributed by atoms with Gasteiger partial charge in [0, 0.05) is 33.5 Å². The van der Waals surface area contributed by atoms with Crippen LogP contribution in [0.25, 0.3) is 0 Å². The van der Waals surface area contributed by atoms with E-state index in [2.05, 4.69) is 22.5 Å². The number of halogens is 1. The van der Waals surface area contributed by atoms with E-state index in [4.69, 9.17) is 21.1 Å². The molecule has 1 heterocycles. The summed E-state index contributed by atoms with van der Waals surface area (Å²) in [7, 11) is 3.32. The molecule has 1 unspecified atom stereocenters. The minimum atomic E-state index is -0.000792. The molecular formula is C14H24ClN3O2. The fraction of sp³-hybridized carbons (Fsp3) is 0.643. The van der Waals surface area contributed by atoms with Crippen molar-refractivity contribution >= 4 is 17.4 Å². The fourth-order valence-electron chi connectivity index (χ4n) is 1.73. The van der Waals surface area contributed by atoms with Gasteiger partial charge in [-0.3, -0.25) is 0 Å². The van der Waals surface area contributed by atoms with Gasteiger partial charge >= 0.3 is 0 Å². The molecule has 0 aromatic carbocycles. The third-order valence-corrected chi connectivity index (χ3v) is 3.21. The number of hydrogen-bond donors (Lipinski definition) is 2. The van der Waals surface area contributed by atoms with Crippen LogP contribution in [0.4, 0.5) is 5.82 Å². The van der Waals surface area contributed by atoms with Gasteiger partial charge in [0.15, 0.2) is 0 Å². The predicted molar refractivity (Wildman–Crippen MR) is 82.4 cm³/mol. The number of ether oxygens (including phenoxy) is 2. The van der Waals surface area contributed by atoms with Gasteiger partial charge in [-0.2, -0.15) is 0 Å². The Kier molecular flexibility index (Phi) is 8.53. The van der Waals surface area contributed by atoms with Gasteiger partial charge in [0.05, 0.1) is 17.7 Å². The number of hydrogen-bond acceptors (Lipinski definition) is 5. The standard InChI is InChI=1S/C14H24ClN3O2/c1-4-5-16-7-11-6-14(18-9-13(11)15)17-8-12(20-3)10-19-2/h6,9,12,16H,4-5,7-8,10H2,1-3H3,(H,17,18). The van der Waals surface area contributed by atoms with E-state index in [1.54, 1.807) is 20.4 Å².